The second-order valence-corrected chi connectivity index (χ2v) is 15.5. The van der Waals surface area contributed by atoms with E-state index in [1.165, 1.54) is 0 Å². The van der Waals surface area contributed by atoms with E-state index in [0.717, 1.165) is 18.4 Å². The number of hydrogen-bond donors (Lipinski definition) is 3. The van der Waals surface area contributed by atoms with Crippen LogP contribution in [0.3, 0.4) is 0 Å². The highest BCUT2D eigenvalue weighted by Gasteiger charge is 2.61. The molecule has 51 heavy (non-hydrogen) atoms. The van der Waals surface area contributed by atoms with E-state index >= 15 is 0 Å². The molecule has 3 saturated heterocycles. The number of anilines is 1. The maximum absolute atomic E-state index is 14.4. The molecule has 4 heterocycles. The van der Waals surface area contributed by atoms with Gasteiger partial charge >= 0.3 is 12.1 Å². The molecule has 278 valence electrons. The van der Waals surface area contributed by atoms with E-state index in [-0.39, 0.29) is 24.7 Å². The van der Waals surface area contributed by atoms with Gasteiger partial charge in [-0.2, -0.15) is 0 Å². The number of amides is 1. The summed E-state index contributed by atoms with van der Waals surface area (Å²) in [6.45, 7) is 12.2. The third-order valence-electron chi connectivity index (χ3n) is 11.7. The van der Waals surface area contributed by atoms with Crippen LogP contribution in [-0.4, -0.2) is 76.9 Å². The Hall–Kier alpha value is -3.28. The molecule has 2 bridgehead atoms. The van der Waals surface area contributed by atoms with E-state index in [1.54, 1.807) is 49.4 Å². The maximum atomic E-state index is 14.4. The van der Waals surface area contributed by atoms with Crippen molar-refractivity contribution in [2.24, 2.45) is 23.7 Å². The maximum Gasteiger partial charge on any atom is 0.412 e. The number of ether oxygens (including phenoxy) is 5. The van der Waals surface area contributed by atoms with Crippen molar-refractivity contribution in [3.63, 3.8) is 0 Å². The SMILES string of the molecule is CC[C@H](C)[C@H]1O[C@]2(CC[C@@H]1C)C[C@@H]1C[C@@H](C/C=C(\C)[C@@H](O)[C@@H](C)/C=C/C=C3\CO[C@@H]4[C@H](OC(=O)Nc5ccccc5)C(C)=C[C@@H](C(=O)O1)[C@]34O)O2. The van der Waals surface area contributed by atoms with Crippen LogP contribution in [-0.2, 0) is 28.5 Å². The first-order chi connectivity index (χ1) is 24.3. The van der Waals surface area contributed by atoms with Crippen molar-refractivity contribution in [1.82, 2.24) is 0 Å². The molecule has 0 aromatic heterocycles. The van der Waals surface area contributed by atoms with Crippen molar-refractivity contribution in [3.05, 3.63) is 77.4 Å². The zero-order valence-electron chi connectivity index (χ0n) is 30.7. The van der Waals surface area contributed by atoms with Crippen molar-refractivity contribution >= 4 is 17.7 Å². The van der Waals surface area contributed by atoms with Gasteiger partial charge in [-0.25, -0.2) is 4.79 Å². The summed E-state index contributed by atoms with van der Waals surface area (Å²) in [5, 5.41) is 26.6. The normalized spacial score (nSPS) is 41.8. The van der Waals surface area contributed by atoms with Gasteiger partial charge in [-0.05, 0) is 67.4 Å². The Bertz CT molecular complexity index is 1550. The molecule has 1 aromatic carbocycles. The summed E-state index contributed by atoms with van der Waals surface area (Å²) in [4.78, 5) is 27.5. The average Bonchev–Trinajstić information content (AvgIpc) is 3.44. The van der Waals surface area contributed by atoms with Crippen LogP contribution in [0.15, 0.2) is 77.4 Å². The minimum atomic E-state index is -1.87. The van der Waals surface area contributed by atoms with E-state index in [1.807, 2.05) is 32.1 Å². The molecule has 1 aromatic rings. The number of para-hydroxylation sites is 1. The van der Waals surface area contributed by atoms with E-state index in [9.17, 15) is 19.8 Å². The van der Waals surface area contributed by atoms with Gasteiger partial charge in [0.2, 0.25) is 0 Å². The van der Waals surface area contributed by atoms with E-state index in [4.69, 9.17) is 23.7 Å². The summed E-state index contributed by atoms with van der Waals surface area (Å²) in [5.74, 6) is -2.17. The summed E-state index contributed by atoms with van der Waals surface area (Å²) < 4.78 is 32.1. The van der Waals surface area contributed by atoms with Crippen LogP contribution in [0, 0.1) is 23.7 Å². The van der Waals surface area contributed by atoms with Gasteiger partial charge in [0.15, 0.2) is 11.9 Å². The molecule has 1 spiro atoms. The molecule has 12 atom stereocenters. The van der Waals surface area contributed by atoms with Crippen molar-refractivity contribution in [1.29, 1.82) is 0 Å². The third-order valence-corrected chi connectivity index (χ3v) is 11.7. The van der Waals surface area contributed by atoms with Crippen LogP contribution in [0.2, 0.25) is 0 Å². The van der Waals surface area contributed by atoms with Gasteiger partial charge in [-0.15, -0.1) is 0 Å². The number of hydrogen-bond acceptors (Lipinski definition) is 9. The first-order valence-corrected chi connectivity index (χ1v) is 18.7. The lowest BCUT2D eigenvalue weighted by Gasteiger charge is -2.51. The Morgan fingerprint density at radius 1 is 1.12 bits per heavy atom. The largest absolute Gasteiger partial charge is 0.462 e. The molecule has 1 aliphatic carbocycles. The molecule has 10 heteroatoms. The number of fused-ring (bicyclic) bond motifs is 2. The lowest BCUT2D eigenvalue weighted by atomic mass is 9.70. The fourth-order valence-electron chi connectivity index (χ4n) is 8.47. The van der Waals surface area contributed by atoms with Crippen molar-refractivity contribution in [3.8, 4) is 0 Å². The van der Waals surface area contributed by atoms with Gasteiger partial charge in [0.05, 0.1) is 24.9 Å². The summed E-state index contributed by atoms with van der Waals surface area (Å²) >= 11 is 0. The highest BCUT2D eigenvalue weighted by molar-refractivity contribution is 5.85. The number of nitrogens with one attached hydrogen (secondary N) is 1. The molecule has 0 radical (unpaired) electrons. The predicted molar refractivity (Wildman–Crippen MR) is 192 cm³/mol. The predicted octanol–water partition coefficient (Wildman–Crippen LogP) is 6.79. The lowest BCUT2D eigenvalue weighted by molar-refractivity contribution is -0.340. The molecule has 0 unspecified atom stereocenters. The third kappa shape index (κ3) is 7.76. The number of carbonyl (C=O) groups excluding carboxylic acids is 2. The Labute approximate surface area is 301 Å². The minimum Gasteiger partial charge on any atom is -0.462 e. The van der Waals surface area contributed by atoms with Gasteiger partial charge in [-0.3, -0.25) is 10.1 Å². The summed E-state index contributed by atoms with van der Waals surface area (Å²) in [5.41, 5.74) is 0.539. The molecular weight excluding hydrogens is 650 g/mol. The topological polar surface area (TPSA) is 133 Å². The molecule has 4 aliphatic heterocycles. The van der Waals surface area contributed by atoms with Crippen LogP contribution in [0.5, 0.6) is 0 Å². The number of rotatable bonds is 4. The van der Waals surface area contributed by atoms with Crippen LogP contribution in [0.25, 0.3) is 0 Å². The average molecular weight is 706 g/mol. The molecule has 0 saturated carbocycles. The number of aliphatic hydroxyl groups excluding tert-OH is 1. The van der Waals surface area contributed by atoms with Crippen molar-refractivity contribution in [2.75, 3.05) is 11.9 Å². The van der Waals surface area contributed by atoms with Crippen LogP contribution in [0.4, 0.5) is 10.5 Å². The van der Waals surface area contributed by atoms with Crippen LogP contribution >= 0.6 is 0 Å². The highest BCUT2D eigenvalue weighted by Crippen LogP contribution is 2.48. The number of allylic oxidation sites excluding steroid dienone is 2. The fourth-order valence-corrected chi connectivity index (χ4v) is 8.47. The monoisotopic (exact) mass is 705 g/mol. The van der Waals surface area contributed by atoms with Crippen LogP contribution in [0.1, 0.15) is 80.1 Å². The number of carbonyl (C=O) groups is 2. The minimum absolute atomic E-state index is 0.00759. The Morgan fingerprint density at radius 3 is 2.63 bits per heavy atom. The zero-order valence-corrected chi connectivity index (χ0v) is 30.7. The second-order valence-electron chi connectivity index (χ2n) is 15.5. The van der Waals surface area contributed by atoms with E-state index in [0.29, 0.717) is 54.4 Å². The smallest absolute Gasteiger partial charge is 0.412 e. The molecule has 5 aliphatic rings. The first-order valence-electron chi connectivity index (χ1n) is 18.7. The quantitative estimate of drug-likeness (QED) is 0.229. The molecular formula is C41H55NO9. The lowest BCUT2D eigenvalue weighted by Crippen LogP contribution is -2.59. The Morgan fingerprint density at radius 2 is 1.88 bits per heavy atom. The molecule has 6 rings (SSSR count). The zero-order chi connectivity index (χ0) is 36.5. The molecule has 3 N–H and O–H groups in total. The van der Waals surface area contributed by atoms with E-state index < -0.39 is 53.8 Å². The number of benzene rings is 1. The summed E-state index contributed by atoms with van der Waals surface area (Å²) in [6.07, 6.45) is 8.65. The van der Waals surface area contributed by atoms with Gasteiger partial charge in [0, 0.05) is 30.9 Å². The standard InChI is InChI=1S/C41H55NO9/c1-7-24(2)35-27(5)18-19-40(51-35)22-32-21-31(50-40)17-16-26(4)34(43)25(3)12-11-13-29-23-47-37-36(49-39(45)42-30-14-9-8-10-15-30)28(6)20-33(38(44)48-32)41(29,37)46/h8-16,20,24-25,27,31-37,43,46H,7,17-19,21-23H2,1-6H3,(H,42,45)/b12-11+,26-16+,29-13+/t24-,25-,27-,31+,32-,33-,34-,35+,36+,37+,40+,41+/m0/s1. The Kier molecular flexibility index (Phi) is 11.3. The fraction of sp³-hybridized carbons (Fsp3) is 0.610. The van der Waals surface area contributed by atoms with Gasteiger partial charge < -0.3 is 33.9 Å². The van der Waals surface area contributed by atoms with Gasteiger partial charge in [0.25, 0.3) is 0 Å². The van der Waals surface area contributed by atoms with Crippen molar-refractivity contribution < 1.29 is 43.5 Å². The summed E-state index contributed by atoms with van der Waals surface area (Å²) in [7, 11) is 0. The first kappa shape index (κ1) is 37.5. The molecule has 1 amide bonds. The second kappa shape index (κ2) is 15.4. The van der Waals surface area contributed by atoms with Gasteiger partial charge in [0.1, 0.15) is 23.7 Å². The van der Waals surface area contributed by atoms with E-state index in [2.05, 4.69) is 26.1 Å². The number of aliphatic hydroxyl groups is 2. The van der Waals surface area contributed by atoms with Crippen LogP contribution < -0.4 is 5.32 Å². The van der Waals surface area contributed by atoms with Crippen molar-refractivity contribution in [2.45, 2.75) is 128 Å². The number of esters is 1. The highest BCUT2D eigenvalue weighted by atomic mass is 16.7. The molecule has 3 fully saturated rings. The molecule has 10 nitrogen and oxygen atoms in total. The Balaban J connectivity index is 1.35. The summed E-state index contributed by atoms with van der Waals surface area (Å²) in [6, 6.07) is 8.93. The van der Waals surface area contributed by atoms with Gasteiger partial charge in [-0.1, -0.05) is 82.7 Å².